The van der Waals surface area contributed by atoms with Crippen LogP contribution in [-0.2, 0) is 9.36 Å². The minimum atomic E-state index is -4.21. The van der Waals surface area contributed by atoms with Crippen LogP contribution in [0.3, 0.4) is 0 Å². The average molecular weight is 335 g/mol. The van der Waals surface area contributed by atoms with Crippen LogP contribution in [-0.4, -0.2) is 21.5 Å². The summed E-state index contributed by atoms with van der Waals surface area (Å²) in [5, 5.41) is 2.35. The van der Waals surface area contributed by atoms with Gasteiger partial charge in [-0.2, -0.15) is 0 Å². The Morgan fingerprint density at radius 3 is 1.73 bits per heavy atom. The summed E-state index contributed by atoms with van der Waals surface area (Å²) in [6.07, 6.45) is 13.8. The highest BCUT2D eigenvalue weighted by Crippen LogP contribution is 2.39. The molecule has 0 aromatic rings. The zero-order chi connectivity index (χ0) is 16.8. The van der Waals surface area contributed by atoms with Crippen molar-refractivity contribution in [2.75, 3.05) is 0 Å². The molecule has 0 bridgehead atoms. The van der Waals surface area contributed by atoms with E-state index < -0.39 is 13.4 Å². The molecule has 0 heterocycles. The van der Waals surface area contributed by atoms with Crippen LogP contribution in [0.25, 0.3) is 0 Å². The maximum absolute atomic E-state index is 11.5. The van der Waals surface area contributed by atoms with Gasteiger partial charge in [0.05, 0.1) is 0 Å². The van der Waals surface area contributed by atoms with E-state index in [9.17, 15) is 9.36 Å². The Bertz CT molecular complexity index is 330. The molecule has 0 aliphatic carbocycles. The van der Waals surface area contributed by atoms with Gasteiger partial charge in [-0.15, -0.1) is 0 Å². The van der Waals surface area contributed by atoms with E-state index in [-0.39, 0.29) is 5.91 Å². The zero-order valence-corrected chi connectivity index (χ0v) is 15.1. The van der Waals surface area contributed by atoms with Gasteiger partial charge in [0.25, 0.3) is 0 Å². The van der Waals surface area contributed by atoms with E-state index in [0.29, 0.717) is 6.42 Å². The summed E-state index contributed by atoms with van der Waals surface area (Å²) < 4.78 is 10.9. The lowest BCUT2D eigenvalue weighted by molar-refractivity contribution is -0.121. The molecule has 6 heteroatoms. The summed E-state index contributed by atoms with van der Waals surface area (Å²) in [5.41, 5.74) is 0. The Hall–Kier alpha value is -0.380. The van der Waals surface area contributed by atoms with Crippen molar-refractivity contribution >= 4 is 13.5 Å². The van der Waals surface area contributed by atoms with E-state index in [1.54, 1.807) is 0 Å². The topological polar surface area (TPSA) is 86.6 Å². The molecule has 0 spiro atoms. The molecule has 0 aromatic carbocycles. The van der Waals surface area contributed by atoms with Crippen molar-refractivity contribution in [2.45, 2.75) is 96.7 Å². The van der Waals surface area contributed by atoms with Crippen molar-refractivity contribution < 1.29 is 19.1 Å². The normalized spacial score (nSPS) is 13.1. The minimum Gasteiger partial charge on any atom is -0.342 e. The van der Waals surface area contributed by atoms with Crippen LogP contribution in [0.15, 0.2) is 0 Å². The SMILES string of the molecule is CCCCCCCCCCCCCC(=O)NC(C)P(=O)(O)O. The summed E-state index contributed by atoms with van der Waals surface area (Å²) >= 11 is 0. The van der Waals surface area contributed by atoms with E-state index in [1.807, 2.05) is 0 Å². The monoisotopic (exact) mass is 335 g/mol. The number of amides is 1. The first-order valence-electron chi connectivity index (χ1n) is 8.72. The molecule has 0 rings (SSSR count). The largest absolute Gasteiger partial charge is 0.347 e. The minimum absolute atomic E-state index is 0.272. The molecule has 5 nitrogen and oxygen atoms in total. The van der Waals surface area contributed by atoms with Crippen molar-refractivity contribution in [2.24, 2.45) is 0 Å². The molecule has 0 aliphatic rings. The maximum atomic E-state index is 11.5. The number of carbonyl (C=O) groups excluding carboxylic acids is 1. The number of nitrogens with one attached hydrogen (secondary N) is 1. The lowest BCUT2D eigenvalue weighted by atomic mass is 10.1. The predicted octanol–water partition coefficient (Wildman–Crippen LogP) is 4.33. The summed E-state index contributed by atoms with van der Waals surface area (Å²) in [4.78, 5) is 29.3. The first-order chi connectivity index (χ1) is 10.4. The smallest absolute Gasteiger partial charge is 0.342 e. The molecule has 0 saturated carbocycles. The summed E-state index contributed by atoms with van der Waals surface area (Å²) in [6.45, 7) is 3.56. The van der Waals surface area contributed by atoms with Gasteiger partial charge in [-0.25, -0.2) is 0 Å². The molecule has 0 aliphatic heterocycles. The van der Waals surface area contributed by atoms with Crippen LogP contribution in [0, 0.1) is 0 Å². The van der Waals surface area contributed by atoms with Gasteiger partial charge >= 0.3 is 7.60 Å². The number of hydrogen-bond donors (Lipinski definition) is 3. The maximum Gasteiger partial charge on any atom is 0.347 e. The number of hydrogen-bond acceptors (Lipinski definition) is 2. The molecule has 0 aromatic heterocycles. The van der Waals surface area contributed by atoms with Crippen molar-refractivity contribution in [3.8, 4) is 0 Å². The highest BCUT2D eigenvalue weighted by atomic mass is 31.2. The van der Waals surface area contributed by atoms with Gasteiger partial charge in [-0.1, -0.05) is 71.1 Å². The van der Waals surface area contributed by atoms with E-state index in [4.69, 9.17) is 9.79 Å². The highest BCUT2D eigenvalue weighted by Gasteiger charge is 2.24. The molecule has 0 fully saturated rings. The van der Waals surface area contributed by atoms with Crippen molar-refractivity contribution in [3.63, 3.8) is 0 Å². The first kappa shape index (κ1) is 21.6. The quantitative estimate of drug-likeness (QED) is 0.326. The van der Waals surface area contributed by atoms with Crippen LogP contribution in [0.4, 0.5) is 0 Å². The molecular weight excluding hydrogens is 301 g/mol. The van der Waals surface area contributed by atoms with Crippen LogP contribution < -0.4 is 5.32 Å². The third-order valence-corrected chi connectivity index (χ3v) is 5.02. The second-order valence-electron chi connectivity index (χ2n) is 6.12. The Morgan fingerprint density at radius 2 is 1.32 bits per heavy atom. The van der Waals surface area contributed by atoms with Crippen LogP contribution in [0.1, 0.15) is 90.9 Å². The van der Waals surface area contributed by atoms with E-state index in [2.05, 4.69) is 12.2 Å². The third kappa shape index (κ3) is 13.3. The van der Waals surface area contributed by atoms with Crippen LogP contribution >= 0.6 is 7.60 Å². The van der Waals surface area contributed by atoms with E-state index in [0.717, 1.165) is 19.3 Å². The highest BCUT2D eigenvalue weighted by molar-refractivity contribution is 7.52. The molecule has 132 valence electrons. The fourth-order valence-electron chi connectivity index (χ4n) is 2.34. The summed E-state index contributed by atoms with van der Waals surface area (Å²) in [5.74, 6) is -1.36. The predicted molar refractivity (Wildman–Crippen MR) is 90.7 cm³/mol. The fraction of sp³-hybridized carbons (Fsp3) is 0.938. The molecule has 3 N–H and O–H groups in total. The van der Waals surface area contributed by atoms with Gasteiger partial charge in [-0.3, -0.25) is 9.36 Å². The molecular formula is C16H34NO4P. The van der Waals surface area contributed by atoms with Crippen molar-refractivity contribution in [1.82, 2.24) is 5.32 Å². The first-order valence-corrected chi connectivity index (χ1v) is 10.4. The van der Waals surface area contributed by atoms with E-state index in [1.165, 1.54) is 58.3 Å². The Balaban J connectivity index is 3.36. The van der Waals surface area contributed by atoms with Crippen molar-refractivity contribution in [1.29, 1.82) is 0 Å². The van der Waals surface area contributed by atoms with Gasteiger partial charge in [-0.05, 0) is 13.3 Å². The number of rotatable bonds is 14. The lowest BCUT2D eigenvalue weighted by Crippen LogP contribution is -2.32. The van der Waals surface area contributed by atoms with E-state index >= 15 is 0 Å². The van der Waals surface area contributed by atoms with Crippen molar-refractivity contribution in [3.05, 3.63) is 0 Å². The van der Waals surface area contributed by atoms with Gasteiger partial charge in [0.2, 0.25) is 5.91 Å². The number of carbonyl (C=O) groups is 1. The standard InChI is InChI=1S/C16H34NO4P/c1-3-4-5-6-7-8-9-10-11-12-13-14-16(18)17-15(2)22(19,20)21/h15H,3-14H2,1-2H3,(H,17,18)(H2,19,20,21). The molecule has 1 amide bonds. The van der Waals surface area contributed by atoms with Crippen LogP contribution in [0.5, 0.6) is 0 Å². The van der Waals surface area contributed by atoms with Gasteiger partial charge in [0, 0.05) is 6.42 Å². The van der Waals surface area contributed by atoms with Crippen LogP contribution in [0.2, 0.25) is 0 Å². The summed E-state index contributed by atoms with van der Waals surface area (Å²) in [6, 6.07) is 0. The lowest BCUT2D eigenvalue weighted by Gasteiger charge is -2.14. The second-order valence-corrected chi connectivity index (χ2v) is 8.07. The van der Waals surface area contributed by atoms with Gasteiger partial charge in [0.15, 0.2) is 0 Å². The molecule has 1 atom stereocenters. The fourth-order valence-corrected chi connectivity index (χ4v) is 2.65. The molecule has 0 radical (unpaired) electrons. The summed E-state index contributed by atoms with van der Waals surface area (Å²) in [7, 11) is -4.21. The Labute approximate surface area is 135 Å². The molecule has 22 heavy (non-hydrogen) atoms. The molecule has 0 saturated heterocycles. The van der Waals surface area contributed by atoms with Gasteiger partial charge in [0.1, 0.15) is 5.78 Å². The zero-order valence-electron chi connectivity index (χ0n) is 14.2. The molecule has 1 unspecified atom stereocenters. The third-order valence-electron chi connectivity index (χ3n) is 3.88. The Kier molecular flexibility index (Phi) is 12.9. The Morgan fingerprint density at radius 1 is 0.909 bits per heavy atom. The van der Waals surface area contributed by atoms with Gasteiger partial charge < -0.3 is 15.1 Å². The number of unbranched alkanes of at least 4 members (excludes halogenated alkanes) is 10. The average Bonchev–Trinajstić information content (AvgIpc) is 2.43. The second kappa shape index (κ2) is 13.1.